The molecule has 2 aromatic rings. The summed E-state index contributed by atoms with van der Waals surface area (Å²) in [5, 5.41) is 15.2. The normalized spacial score (nSPS) is 10.9. The van der Waals surface area contributed by atoms with Crippen molar-refractivity contribution >= 4 is 40.0 Å². The third kappa shape index (κ3) is 7.88. The number of hydrogen-bond donors (Lipinski definition) is 3. The molecule has 6 nitrogen and oxygen atoms in total. The van der Waals surface area contributed by atoms with Crippen LogP contribution >= 0.6 is 28.3 Å². The molecule has 0 aliphatic rings. The standard InChI is InChI=1S/C20H24BrN3O3.ClH/c21-17-13-16(7-8-19(17)27-12-4-10-22)14-18(24-26)20(25)23-11-9-15-5-2-1-3-6-15;/h1-3,5-8,13,26H,4,9-12,14,22H2,(H,23,25);1H/b24-18-;. The number of benzene rings is 2. The van der Waals surface area contributed by atoms with Gasteiger partial charge in [-0.3, -0.25) is 4.79 Å². The molecule has 0 atom stereocenters. The van der Waals surface area contributed by atoms with Gasteiger partial charge < -0.3 is 21.0 Å². The van der Waals surface area contributed by atoms with Crippen LogP contribution in [0.3, 0.4) is 0 Å². The molecule has 0 aromatic heterocycles. The van der Waals surface area contributed by atoms with Gasteiger partial charge in [-0.15, -0.1) is 12.4 Å². The quantitative estimate of drug-likeness (QED) is 0.215. The Hall–Kier alpha value is -2.09. The number of nitrogens with one attached hydrogen (secondary N) is 1. The maximum atomic E-state index is 12.2. The molecule has 0 radical (unpaired) electrons. The molecule has 0 saturated heterocycles. The molecule has 8 heteroatoms. The third-order valence-electron chi connectivity index (χ3n) is 3.90. The van der Waals surface area contributed by atoms with Crippen molar-refractivity contribution in [2.45, 2.75) is 19.3 Å². The van der Waals surface area contributed by atoms with E-state index < -0.39 is 0 Å². The Kier molecular flexibility index (Phi) is 11.2. The molecule has 28 heavy (non-hydrogen) atoms. The number of carbonyl (C=O) groups excluding carboxylic acids is 1. The van der Waals surface area contributed by atoms with Gasteiger partial charge in [0.05, 0.1) is 11.1 Å². The average molecular weight is 471 g/mol. The second-order valence-corrected chi connectivity index (χ2v) is 6.82. The zero-order chi connectivity index (χ0) is 19.5. The van der Waals surface area contributed by atoms with E-state index in [9.17, 15) is 10.0 Å². The van der Waals surface area contributed by atoms with Crippen LogP contribution in [0.5, 0.6) is 5.75 Å². The van der Waals surface area contributed by atoms with Gasteiger partial charge in [-0.05, 0) is 58.6 Å². The summed E-state index contributed by atoms with van der Waals surface area (Å²) in [6.07, 6.45) is 1.71. The fourth-order valence-corrected chi connectivity index (χ4v) is 3.00. The molecular formula is C20H25BrClN3O3. The third-order valence-corrected chi connectivity index (χ3v) is 4.52. The highest BCUT2D eigenvalue weighted by Gasteiger charge is 2.14. The van der Waals surface area contributed by atoms with E-state index in [-0.39, 0.29) is 30.4 Å². The van der Waals surface area contributed by atoms with Crippen LogP contribution in [0.15, 0.2) is 58.2 Å². The average Bonchev–Trinajstić information content (AvgIpc) is 2.68. The number of ether oxygens (including phenoxy) is 1. The van der Waals surface area contributed by atoms with Gasteiger partial charge in [-0.25, -0.2) is 0 Å². The highest BCUT2D eigenvalue weighted by atomic mass is 79.9. The fourth-order valence-electron chi connectivity index (χ4n) is 2.46. The van der Waals surface area contributed by atoms with E-state index in [0.717, 1.165) is 22.0 Å². The molecule has 1 amide bonds. The van der Waals surface area contributed by atoms with Crippen molar-refractivity contribution in [3.8, 4) is 5.75 Å². The first kappa shape index (κ1) is 23.9. The predicted octanol–water partition coefficient (Wildman–Crippen LogP) is 3.33. The number of oxime groups is 1. The van der Waals surface area contributed by atoms with Crippen LogP contribution in [0.2, 0.25) is 0 Å². The zero-order valence-electron chi connectivity index (χ0n) is 15.4. The number of halogens is 2. The van der Waals surface area contributed by atoms with Crippen molar-refractivity contribution in [3.63, 3.8) is 0 Å². The van der Waals surface area contributed by atoms with Gasteiger partial charge in [-0.2, -0.15) is 0 Å². The molecule has 0 saturated carbocycles. The van der Waals surface area contributed by atoms with E-state index in [0.29, 0.717) is 31.9 Å². The number of carbonyl (C=O) groups is 1. The van der Waals surface area contributed by atoms with Gasteiger partial charge in [0.1, 0.15) is 11.5 Å². The molecular weight excluding hydrogens is 446 g/mol. The first-order valence-corrected chi connectivity index (χ1v) is 9.57. The number of nitrogens with zero attached hydrogens (tertiary/aromatic N) is 1. The van der Waals surface area contributed by atoms with Crippen molar-refractivity contribution < 1.29 is 14.7 Å². The van der Waals surface area contributed by atoms with Crippen LogP contribution in [0, 0.1) is 0 Å². The lowest BCUT2D eigenvalue weighted by atomic mass is 10.1. The first-order chi connectivity index (χ1) is 13.1. The second-order valence-electron chi connectivity index (χ2n) is 5.97. The van der Waals surface area contributed by atoms with Crippen LogP contribution in [-0.4, -0.2) is 36.5 Å². The molecule has 152 valence electrons. The summed E-state index contributed by atoms with van der Waals surface area (Å²) in [5.41, 5.74) is 7.48. The van der Waals surface area contributed by atoms with E-state index in [1.165, 1.54) is 0 Å². The summed E-state index contributed by atoms with van der Waals surface area (Å²) in [6.45, 7) is 1.59. The fraction of sp³-hybridized carbons (Fsp3) is 0.300. The van der Waals surface area contributed by atoms with Crippen LogP contribution < -0.4 is 15.8 Å². The van der Waals surface area contributed by atoms with E-state index >= 15 is 0 Å². The monoisotopic (exact) mass is 469 g/mol. The Labute approximate surface area is 179 Å². The molecule has 2 rings (SSSR count). The van der Waals surface area contributed by atoms with Crippen molar-refractivity contribution in [2.24, 2.45) is 10.9 Å². The Morgan fingerprint density at radius 3 is 2.57 bits per heavy atom. The molecule has 2 aromatic carbocycles. The van der Waals surface area contributed by atoms with E-state index in [2.05, 4.69) is 26.4 Å². The van der Waals surface area contributed by atoms with Crippen LogP contribution in [0.25, 0.3) is 0 Å². The maximum Gasteiger partial charge on any atom is 0.269 e. The summed E-state index contributed by atoms with van der Waals surface area (Å²) >= 11 is 3.46. The Morgan fingerprint density at radius 2 is 1.93 bits per heavy atom. The lowest BCUT2D eigenvalue weighted by Gasteiger charge is -2.10. The number of hydrogen-bond acceptors (Lipinski definition) is 5. The van der Waals surface area contributed by atoms with Crippen molar-refractivity contribution in [1.29, 1.82) is 0 Å². The number of nitrogens with two attached hydrogens (primary N) is 1. The minimum atomic E-state index is -0.382. The molecule has 0 unspecified atom stereocenters. The summed E-state index contributed by atoms with van der Waals surface area (Å²) < 4.78 is 6.40. The Balaban J connectivity index is 0.00000392. The lowest BCUT2D eigenvalue weighted by Crippen LogP contribution is -2.33. The Morgan fingerprint density at radius 1 is 1.18 bits per heavy atom. The van der Waals surface area contributed by atoms with Crippen molar-refractivity contribution in [2.75, 3.05) is 19.7 Å². The second kappa shape index (κ2) is 13.1. The summed E-state index contributed by atoms with van der Waals surface area (Å²) in [4.78, 5) is 12.2. The van der Waals surface area contributed by atoms with E-state index in [1.807, 2.05) is 48.5 Å². The van der Waals surface area contributed by atoms with Gasteiger partial charge in [0.2, 0.25) is 0 Å². The van der Waals surface area contributed by atoms with E-state index in [4.69, 9.17) is 10.5 Å². The van der Waals surface area contributed by atoms with Crippen molar-refractivity contribution in [1.82, 2.24) is 5.32 Å². The Bertz CT molecular complexity index is 773. The lowest BCUT2D eigenvalue weighted by molar-refractivity contribution is -0.115. The van der Waals surface area contributed by atoms with Crippen LogP contribution in [0.4, 0.5) is 0 Å². The molecule has 0 aliphatic carbocycles. The number of rotatable bonds is 10. The first-order valence-electron chi connectivity index (χ1n) is 8.78. The van der Waals surface area contributed by atoms with Crippen LogP contribution in [0.1, 0.15) is 17.5 Å². The molecule has 0 spiro atoms. The van der Waals surface area contributed by atoms with E-state index in [1.54, 1.807) is 0 Å². The molecule has 0 fully saturated rings. The SMILES string of the molecule is Cl.NCCCOc1ccc(C/C(=N/O)C(=O)NCCc2ccccc2)cc1Br. The molecule has 0 aliphatic heterocycles. The smallest absolute Gasteiger partial charge is 0.269 e. The molecule has 0 heterocycles. The minimum absolute atomic E-state index is 0. The topological polar surface area (TPSA) is 96.9 Å². The maximum absolute atomic E-state index is 12.2. The highest BCUT2D eigenvalue weighted by Crippen LogP contribution is 2.26. The summed E-state index contributed by atoms with van der Waals surface area (Å²) in [6, 6.07) is 15.4. The zero-order valence-corrected chi connectivity index (χ0v) is 17.8. The van der Waals surface area contributed by atoms with Gasteiger partial charge in [0, 0.05) is 13.0 Å². The largest absolute Gasteiger partial charge is 0.492 e. The predicted molar refractivity (Wildman–Crippen MR) is 117 cm³/mol. The van der Waals surface area contributed by atoms with Crippen LogP contribution in [-0.2, 0) is 17.6 Å². The van der Waals surface area contributed by atoms with Gasteiger partial charge >= 0.3 is 0 Å². The van der Waals surface area contributed by atoms with Gasteiger partial charge in [-0.1, -0.05) is 41.6 Å². The molecule has 0 bridgehead atoms. The summed E-state index contributed by atoms with van der Waals surface area (Å²) in [5.74, 6) is 0.329. The highest BCUT2D eigenvalue weighted by molar-refractivity contribution is 9.10. The van der Waals surface area contributed by atoms with Crippen molar-refractivity contribution in [3.05, 3.63) is 64.1 Å². The number of amides is 1. The summed E-state index contributed by atoms with van der Waals surface area (Å²) in [7, 11) is 0. The molecule has 4 N–H and O–H groups in total. The van der Waals surface area contributed by atoms with Gasteiger partial charge in [0.15, 0.2) is 0 Å². The minimum Gasteiger partial charge on any atom is -0.492 e. The van der Waals surface area contributed by atoms with Gasteiger partial charge in [0.25, 0.3) is 5.91 Å².